The van der Waals surface area contributed by atoms with Crippen molar-refractivity contribution >= 4 is 27.5 Å². The van der Waals surface area contributed by atoms with Gasteiger partial charge in [0.1, 0.15) is 5.82 Å². The van der Waals surface area contributed by atoms with E-state index in [-0.39, 0.29) is 11.7 Å². The maximum atomic E-state index is 12.8. The number of hydrogen-bond donors (Lipinski definition) is 1. The third-order valence-electron chi connectivity index (χ3n) is 2.67. The first-order chi connectivity index (χ1) is 9.56. The van der Waals surface area contributed by atoms with Gasteiger partial charge in [-0.3, -0.25) is 4.79 Å². The minimum atomic E-state index is -0.379. The van der Waals surface area contributed by atoms with Crippen LogP contribution in [-0.4, -0.2) is 11.6 Å². The Balaban J connectivity index is 2.08. The first-order valence-corrected chi connectivity index (χ1v) is 6.72. The van der Waals surface area contributed by atoms with Crippen molar-refractivity contribution < 1.29 is 9.18 Å². The summed E-state index contributed by atoms with van der Waals surface area (Å²) < 4.78 is 13.7. The lowest BCUT2D eigenvalue weighted by Gasteiger charge is -2.03. The van der Waals surface area contributed by atoms with Crippen molar-refractivity contribution in [2.24, 2.45) is 5.10 Å². The van der Waals surface area contributed by atoms with Crippen molar-refractivity contribution in [1.29, 1.82) is 0 Å². The van der Waals surface area contributed by atoms with E-state index in [4.69, 9.17) is 0 Å². The zero-order valence-corrected chi connectivity index (χ0v) is 12.3. The van der Waals surface area contributed by atoms with Gasteiger partial charge in [-0.05, 0) is 48.9 Å². The number of nitrogens with zero attached hydrogens (tertiary/aromatic N) is 1. The lowest BCUT2D eigenvalue weighted by atomic mass is 10.1. The fourth-order valence-electron chi connectivity index (χ4n) is 1.58. The molecular formula is C15H12BrFN2O. The average Bonchev–Trinajstić information content (AvgIpc) is 2.45. The summed E-state index contributed by atoms with van der Waals surface area (Å²) in [7, 11) is 0. The standard InChI is InChI=1S/C15H12BrFN2O/c1-10(12-3-2-4-13(16)9-12)18-19-15(20)11-5-7-14(17)8-6-11/h2-9H,1H3,(H,19,20). The molecule has 2 aromatic carbocycles. The van der Waals surface area contributed by atoms with Gasteiger partial charge in [0.2, 0.25) is 0 Å². The van der Waals surface area contributed by atoms with Crippen LogP contribution in [0.25, 0.3) is 0 Å². The molecule has 0 bridgehead atoms. The van der Waals surface area contributed by atoms with Crippen LogP contribution in [0.1, 0.15) is 22.8 Å². The number of rotatable bonds is 3. The van der Waals surface area contributed by atoms with Crippen molar-refractivity contribution in [2.75, 3.05) is 0 Å². The molecular weight excluding hydrogens is 323 g/mol. The van der Waals surface area contributed by atoms with Crippen LogP contribution >= 0.6 is 15.9 Å². The van der Waals surface area contributed by atoms with Crippen molar-refractivity contribution in [2.45, 2.75) is 6.92 Å². The van der Waals surface area contributed by atoms with E-state index in [1.165, 1.54) is 24.3 Å². The summed E-state index contributed by atoms with van der Waals surface area (Å²) in [5, 5.41) is 4.04. The molecule has 2 aromatic rings. The van der Waals surface area contributed by atoms with Crippen LogP contribution in [0.4, 0.5) is 4.39 Å². The second-order valence-electron chi connectivity index (χ2n) is 4.16. The summed E-state index contributed by atoms with van der Waals surface area (Å²) >= 11 is 3.38. The molecule has 5 heteroatoms. The fourth-order valence-corrected chi connectivity index (χ4v) is 1.98. The quantitative estimate of drug-likeness (QED) is 0.674. The summed E-state index contributed by atoms with van der Waals surface area (Å²) in [4.78, 5) is 11.8. The van der Waals surface area contributed by atoms with Crippen molar-refractivity contribution in [3.63, 3.8) is 0 Å². The molecule has 0 aliphatic carbocycles. The van der Waals surface area contributed by atoms with Gasteiger partial charge in [-0.1, -0.05) is 28.1 Å². The number of carbonyl (C=O) groups is 1. The molecule has 0 fully saturated rings. The first-order valence-electron chi connectivity index (χ1n) is 5.92. The molecule has 0 saturated carbocycles. The molecule has 102 valence electrons. The number of benzene rings is 2. The SMILES string of the molecule is CC(=NNC(=O)c1ccc(F)cc1)c1cccc(Br)c1. The van der Waals surface area contributed by atoms with Crippen LogP contribution in [0.2, 0.25) is 0 Å². The average molecular weight is 335 g/mol. The van der Waals surface area contributed by atoms with Crippen LogP contribution in [0.15, 0.2) is 58.1 Å². The highest BCUT2D eigenvalue weighted by atomic mass is 79.9. The largest absolute Gasteiger partial charge is 0.271 e. The van der Waals surface area contributed by atoms with Gasteiger partial charge in [0.05, 0.1) is 5.71 Å². The highest BCUT2D eigenvalue weighted by Gasteiger charge is 2.05. The highest BCUT2D eigenvalue weighted by molar-refractivity contribution is 9.10. The monoisotopic (exact) mass is 334 g/mol. The molecule has 0 heterocycles. The van der Waals surface area contributed by atoms with Crippen molar-refractivity contribution in [1.82, 2.24) is 5.43 Å². The number of nitrogens with one attached hydrogen (secondary N) is 1. The Hall–Kier alpha value is -2.01. The number of halogens is 2. The maximum absolute atomic E-state index is 12.8. The number of carbonyl (C=O) groups excluding carboxylic acids is 1. The summed E-state index contributed by atoms with van der Waals surface area (Å²) in [6, 6.07) is 12.9. The van der Waals surface area contributed by atoms with Gasteiger partial charge in [-0.2, -0.15) is 5.10 Å². The van der Waals surface area contributed by atoms with Gasteiger partial charge in [-0.15, -0.1) is 0 Å². The Labute approximate surface area is 124 Å². The number of hydrogen-bond acceptors (Lipinski definition) is 2. The Bertz CT molecular complexity index is 653. The third-order valence-corrected chi connectivity index (χ3v) is 3.17. The molecule has 1 amide bonds. The number of amides is 1. The number of hydrazone groups is 1. The van der Waals surface area contributed by atoms with E-state index in [1.54, 1.807) is 6.92 Å². The van der Waals surface area contributed by atoms with Gasteiger partial charge < -0.3 is 0 Å². The predicted molar refractivity (Wildman–Crippen MR) is 80.2 cm³/mol. The topological polar surface area (TPSA) is 41.5 Å². The molecule has 2 rings (SSSR count). The van der Waals surface area contributed by atoms with E-state index in [1.807, 2.05) is 24.3 Å². The van der Waals surface area contributed by atoms with Gasteiger partial charge in [0.25, 0.3) is 5.91 Å². The fraction of sp³-hybridized carbons (Fsp3) is 0.0667. The van der Waals surface area contributed by atoms with Crippen LogP contribution in [0, 0.1) is 5.82 Å². The molecule has 20 heavy (non-hydrogen) atoms. The second-order valence-corrected chi connectivity index (χ2v) is 5.07. The lowest BCUT2D eigenvalue weighted by molar-refractivity contribution is 0.0955. The predicted octanol–water partition coefficient (Wildman–Crippen LogP) is 3.74. The molecule has 0 radical (unpaired) electrons. The van der Waals surface area contributed by atoms with E-state index in [0.717, 1.165) is 10.0 Å². The molecule has 0 atom stereocenters. The Morgan fingerprint density at radius 2 is 1.85 bits per heavy atom. The Morgan fingerprint density at radius 1 is 1.15 bits per heavy atom. The third kappa shape index (κ3) is 3.74. The van der Waals surface area contributed by atoms with E-state index < -0.39 is 0 Å². The summed E-state index contributed by atoms with van der Waals surface area (Å²) in [5.74, 6) is -0.755. The highest BCUT2D eigenvalue weighted by Crippen LogP contribution is 2.12. The van der Waals surface area contributed by atoms with Gasteiger partial charge in [0.15, 0.2) is 0 Å². The van der Waals surface area contributed by atoms with Gasteiger partial charge in [0, 0.05) is 10.0 Å². The zero-order valence-electron chi connectivity index (χ0n) is 10.7. The molecule has 0 aliphatic heterocycles. The minimum Gasteiger partial charge on any atom is -0.267 e. The first kappa shape index (κ1) is 14.4. The summed E-state index contributed by atoms with van der Waals surface area (Å²) in [6.07, 6.45) is 0. The van der Waals surface area contributed by atoms with Crippen molar-refractivity contribution in [3.8, 4) is 0 Å². The second kappa shape index (κ2) is 6.43. The normalized spacial score (nSPS) is 11.2. The maximum Gasteiger partial charge on any atom is 0.271 e. The van der Waals surface area contributed by atoms with Crippen LogP contribution in [-0.2, 0) is 0 Å². The summed E-state index contributed by atoms with van der Waals surface area (Å²) in [5.41, 5.74) is 4.39. The van der Waals surface area contributed by atoms with Crippen LogP contribution in [0.5, 0.6) is 0 Å². The van der Waals surface area contributed by atoms with Gasteiger partial charge >= 0.3 is 0 Å². The zero-order chi connectivity index (χ0) is 14.5. The molecule has 0 saturated heterocycles. The minimum absolute atomic E-state index is 0.359. The van der Waals surface area contributed by atoms with E-state index >= 15 is 0 Å². The Morgan fingerprint density at radius 3 is 2.50 bits per heavy atom. The molecule has 0 aromatic heterocycles. The molecule has 1 N–H and O–H groups in total. The van der Waals surface area contributed by atoms with Gasteiger partial charge in [-0.25, -0.2) is 9.82 Å². The molecule has 0 spiro atoms. The summed E-state index contributed by atoms with van der Waals surface area (Å²) in [6.45, 7) is 1.80. The lowest BCUT2D eigenvalue weighted by Crippen LogP contribution is -2.19. The van der Waals surface area contributed by atoms with Crippen molar-refractivity contribution in [3.05, 3.63) is 69.9 Å². The molecule has 3 nitrogen and oxygen atoms in total. The molecule has 0 aliphatic rings. The van der Waals surface area contributed by atoms with E-state index in [9.17, 15) is 9.18 Å². The van der Waals surface area contributed by atoms with Crippen LogP contribution in [0.3, 0.4) is 0 Å². The van der Waals surface area contributed by atoms with E-state index in [0.29, 0.717) is 11.3 Å². The van der Waals surface area contributed by atoms with Crippen LogP contribution < -0.4 is 5.43 Å². The van der Waals surface area contributed by atoms with E-state index in [2.05, 4.69) is 26.5 Å². The molecule has 0 unspecified atom stereocenters. The Kier molecular flexibility index (Phi) is 4.63. The smallest absolute Gasteiger partial charge is 0.267 e.